The maximum atomic E-state index is 5.70. The summed E-state index contributed by atoms with van der Waals surface area (Å²) in [7, 11) is 0. The van der Waals surface area contributed by atoms with Gasteiger partial charge in [-0.05, 0) is 78.4 Å². The number of benzene rings is 2. The van der Waals surface area contributed by atoms with Gasteiger partial charge < -0.3 is 16.4 Å². The van der Waals surface area contributed by atoms with E-state index >= 15 is 0 Å². The van der Waals surface area contributed by atoms with Gasteiger partial charge >= 0.3 is 0 Å². The summed E-state index contributed by atoms with van der Waals surface area (Å²) in [6.07, 6.45) is 15.4. The summed E-state index contributed by atoms with van der Waals surface area (Å²) in [5.74, 6) is 3.19. The summed E-state index contributed by atoms with van der Waals surface area (Å²) in [5.41, 5.74) is 6.80. The van der Waals surface area contributed by atoms with Gasteiger partial charge in [-0.25, -0.2) is 0 Å². The fraction of sp³-hybridized carbons (Fsp3) is 0.379. The SMILES string of the molecule is NCCN=C1NC(=NCC2CCC(CNSc3ccc4ccccc4c3)CC2)NC2=CC=CC=CC21. The number of hydrogen-bond donors (Lipinski definition) is 4. The van der Waals surface area contributed by atoms with Crippen molar-refractivity contribution in [3.63, 3.8) is 0 Å². The molecule has 0 radical (unpaired) electrons. The van der Waals surface area contributed by atoms with Crippen LogP contribution in [0.4, 0.5) is 0 Å². The largest absolute Gasteiger partial charge is 0.329 e. The lowest BCUT2D eigenvalue weighted by Crippen LogP contribution is -2.51. The van der Waals surface area contributed by atoms with E-state index in [9.17, 15) is 0 Å². The summed E-state index contributed by atoms with van der Waals surface area (Å²) < 4.78 is 3.62. The molecule has 0 aromatic heterocycles. The van der Waals surface area contributed by atoms with Crippen LogP contribution in [-0.2, 0) is 0 Å². The summed E-state index contributed by atoms with van der Waals surface area (Å²) in [6.45, 7) is 3.05. The van der Waals surface area contributed by atoms with E-state index in [4.69, 9.17) is 10.7 Å². The first-order valence-corrected chi connectivity index (χ1v) is 13.9. The molecule has 0 bridgehead atoms. The summed E-state index contributed by atoms with van der Waals surface area (Å²) >= 11 is 1.75. The normalized spacial score (nSPS) is 25.8. The molecular formula is C29H36N6S. The molecule has 1 saturated heterocycles. The van der Waals surface area contributed by atoms with E-state index in [1.807, 2.05) is 6.08 Å². The first-order chi connectivity index (χ1) is 17.8. The minimum absolute atomic E-state index is 0.0981. The third-order valence-electron chi connectivity index (χ3n) is 7.11. The van der Waals surface area contributed by atoms with Gasteiger partial charge in [-0.3, -0.25) is 14.7 Å². The van der Waals surface area contributed by atoms with Gasteiger partial charge in [0.25, 0.3) is 0 Å². The lowest BCUT2D eigenvalue weighted by Gasteiger charge is -2.30. The van der Waals surface area contributed by atoms with Crippen molar-refractivity contribution in [1.29, 1.82) is 0 Å². The van der Waals surface area contributed by atoms with Crippen LogP contribution in [0.3, 0.4) is 0 Å². The molecule has 188 valence electrons. The average Bonchev–Trinajstić information content (AvgIpc) is 3.17. The molecule has 0 amide bonds. The molecule has 3 aliphatic rings. The molecule has 5 N–H and O–H groups in total. The molecule has 6 nitrogen and oxygen atoms in total. The Labute approximate surface area is 218 Å². The second kappa shape index (κ2) is 12.4. The molecule has 1 aliphatic heterocycles. The third kappa shape index (κ3) is 6.46. The van der Waals surface area contributed by atoms with Gasteiger partial charge in [0.05, 0.1) is 12.5 Å². The maximum Gasteiger partial charge on any atom is 0.201 e. The fourth-order valence-electron chi connectivity index (χ4n) is 5.05. The second-order valence-corrected chi connectivity index (χ2v) is 10.7. The van der Waals surface area contributed by atoms with Crippen LogP contribution >= 0.6 is 11.9 Å². The Bertz CT molecular complexity index is 1190. The Morgan fingerprint density at radius 1 is 0.917 bits per heavy atom. The molecule has 7 heteroatoms. The Morgan fingerprint density at radius 3 is 2.61 bits per heavy atom. The van der Waals surface area contributed by atoms with Crippen LogP contribution in [-0.4, -0.2) is 38.0 Å². The Morgan fingerprint density at radius 2 is 1.75 bits per heavy atom. The lowest BCUT2D eigenvalue weighted by molar-refractivity contribution is 0.282. The predicted octanol–water partition coefficient (Wildman–Crippen LogP) is 4.78. The fourth-order valence-corrected chi connectivity index (χ4v) is 5.85. The molecule has 1 saturated carbocycles. The molecule has 2 aromatic carbocycles. The smallest absolute Gasteiger partial charge is 0.201 e. The quantitative estimate of drug-likeness (QED) is 0.392. The van der Waals surface area contributed by atoms with Crippen LogP contribution in [0.1, 0.15) is 25.7 Å². The Kier molecular flexibility index (Phi) is 8.54. The topological polar surface area (TPSA) is 86.8 Å². The van der Waals surface area contributed by atoms with Gasteiger partial charge in [0.2, 0.25) is 5.96 Å². The number of fused-ring (bicyclic) bond motifs is 2. The lowest BCUT2D eigenvalue weighted by atomic mass is 9.82. The zero-order valence-corrected chi connectivity index (χ0v) is 21.5. The van der Waals surface area contributed by atoms with E-state index in [0.29, 0.717) is 19.0 Å². The molecule has 2 aromatic rings. The molecule has 36 heavy (non-hydrogen) atoms. The van der Waals surface area contributed by atoms with E-state index in [2.05, 4.69) is 87.1 Å². The predicted molar refractivity (Wildman–Crippen MR) is 153 cm³/mol. The zero-order valence-electron chi connectivity index (χ0n) is 20.7. The standard InChI is InChI=1S/C29H36N6S/c30-16-17-31-28-26-8-2-1-3-9-27(26)34-29(35-28)32-19-21-10-12-22(13-11-21)20-33-36-25-15-14-23-6-4-5-7-24(23)18-25/h1-9,14-15,18,21-22,26,33H,10-13,16-17,19-20,30H2,(H2,31,32,34,35). The van der Waals surface area contributed by atoms with Crippen molar-refractivity contribution in [3.8, 4) is 0 Å². The van der Waals surface area contributed by atoms with Gasteiger partial charge in [0, 0.05) is 30.2 Å². The number of allylic oxidation sites excluding steroid dienone is 4. The third-order valence-corrected chi connectivity index (χ3v) is 7.91. The van der Waals surface area contributed by atoms with E-state index in [1.54, 1.807) is 11.9 Å². The number of nitrogens with two attached hydrogens (primary N) is 1. The van der Waals surface area contributed by atoms with Crippen LogP contribution in [0, 0.1) is 17.8 Å². The molecule has 1 unspecified atom stereocenters. The van der Waals surface area contributed by atoms with Crippen molar-refractivity contribution >= 4 is 34.5 Å². The number of aliphatic imine (C=N–C) groups is 2. The maximum absolute atomic E-state index is 5.70. The van der Waals surface area contributed by atoms with Crippen molar-refractivity contribution < 1.29 is 0 Å². The number of hydrogen-bond acceptors (Lipinski definition) is 5. The molecular weight excluding hydrogens is 464 g/mol. The monoisotopic (exact) mass is 500 g/mol. The van der Waals surface area contributed by atoms with Gasteiger partial charge in [0.1, 0.15) is 5.84 Å². The van der Waals surface area contributed by atoms with Crippen LogP contribution in [0.5, 0.6) is 0 Å². The van der Waals surface area contributed by atoms with Crippen LogP contribution in [0.15, 0.2) is 93.4 Å². The van der Waals surface area contributed by atoms with E-state index in [-0.39, 0.29) is 5.92 Å². The summed E-state index contributed by atoms with van der Waals surface area (Å²) in [4.78, 5) is 10.9. The number of amidine groups is 1. The number of rotatable bonds is 8. The molecule has 5 rings (SSSR count). The number of nitrogens with zero attached hydrogens (tertiary/aromatic N) is 2. The van der Waals surface area contributed by atoms with Gasteiger partial charge in [0.15, 0.2) is 0 Å². The van der Waals surface area contributed by atoms with E-state index in [0.717, 1.165) is 36.5 Å². The molecule has 2 fully saturated rings. The minimum Gasteiger partial charge on any atom is -0.329 e. The van der Waals surface area contributed by atoms with Crippen LogP contribution in [0.25, 0.3) is 10.8 Å². The highest BCUT2D eigenvalue weighted by atomic mass is 32.2. The zero-order chi connectivity index (χ0) is 24.6. The van der Waals surface area contributed by atoms with E-state index < -0.39 is 0 Å². The molecule has 0 spiro atoms. The highest BCUT2D eigenvalue weighted by Crippen LogP contribution is 2.30. The van der Waals surface area contributed by atoms with Gasteiger partial charge in [-0.15, -0.1) is 0 Å². The highest BCUT2D eigenvalue weighted by molar-refractivity contribution is 7.97. The van der Waals surface area contributed by atoms with Crippen molar-refractivity contribution in [2.45, 2.75) is 30.6 Å². The van der Waals surface area contributed by atoms with Crippen LogP contribution in [0.2, 0.25) is 0 Å². The van der Waals surface area contributed by atoms with Crippen molar-refractivity contribution in [3.05, 3.63) is 78.5 Å². The van der Waals surface area contributed by atoms with Crippen molar-refractivity contribution in [1.82, 2.24) is 15.4 Å². The second-order valence-electron chi connectivity index (χ2n) is 9.71. The van der Waals surface area contributed by atoms with Crippen LogP contribution < -0.4 is 21.1 Å². The Balaban J connectivity index is 1.08. The average molecular weight is 501 g/mol. The Hall–Kier alpha value is -2.87. The minimum atomic E-state index is 0.0981. The molecule has 1 heterocycles. The first-order valence-electron chi connectivity index (χ1n) is 13.0. The summed E-state index contributed by atoms with van der Waals surface area (Å²) in [6, 6.07) is 15.2. The van der Waals surface area contributed by atoms with Gasteiger partial charge in [-0.1, -0.05) is 54.6 Å². The first kappa shape index (κ1) is 24.8. The van der Waals surface area contributed by atoms with E-state index in [1.165, 1.54) is 41.4 Å². The number of guanidine groups is 1. The number of nitrogens with one attached hydrogen (secondary N) is 3. The molecule has 1 atom stereocenters. The summed E-state index contributed by atoms with van der Waals surface area (Å²) in [5, 5.41) is 9.48. The van der Waals surface area contributed by atoms with Gasteiger partial charge in [-0.2, -0.15) is 0 Å². The van der Waals surface area contributed by atoms with Crippen molar-refractivity contribution in [2.24, 2.45) is 33.5 Å². The van der Waals surface area contributed by atoms with Crippen molar-refractivity contribution in [2.75, 3.05) is 26.2 Å². The molecule has 2 aliphatic carbocycles. The highest BCUT2D eigenvalue weighted by Gasteiger charge is 2.27.